The molecule has 0 radical (unpaired) electrons. The van der Waals surface area contributed by atoms with Crippen molar-refractivity contribution in [2.45, 2.75) is 25.4 Å². The van der Waals surface area contributed by atoms with Gasteiger partial charge in [-0.15, -0.1) is 0 Å². The molecule has 0 spiro atoms. The number of urea groups is 1. The van der Waals surface area contributed by atoms with Crippen molar-refractivity contribution >= 4 is 12.0 Å². The minimum atomic E-state index is -1.07. The molecule has 1 saturated carbocycles. The highest BCUT2D eigenvalue weighted by atomic mass is 16.4. The number of rotatable bonds is 4. The van der Waals surface area contributed by atoms with E-state index in [0.29, 0.717) is 11.5 Å². The van der Waals surface area contributed by atoms with Crippen LogP contribution in [-0.4, -0.2) is 23.1 Å². The average molecular weight is 248 g/mol. The largest absolute Gasteiger partial charge is 0.479 e. The molecule has 2 unspecified atom stereocenters. The first kappa shape index (κ1) is 12.4. The normalized spacial score (nSPS) is 22.9. The third-order valence-electron chi connectivity index (χ3n) is 3.08. The minimum absolute atomic E-state index is 0.176. The number of aliphatic carboxylic acids is 1. The number of hydrogen-bond donors (Lipinski definition) is 3. The van der Waals surface area contributed by atoms with Crippen molar-refractivity contribution in [2.75, 3.05) is 0 Å². The SMILES string of the molecule is CC1CC1NC(=O)N[C@@H](C(=O)O)c1ccccc1. The number of benzene rings is 1. The fourth-order valence-corrected chi connectivity index (χ4v) is 1.80. The summed E-state index contributed by atoms with van der Waals surface area (Å²) in [5, 5.41) is 14.4. The van der Waals surface area contributed by atoms with Crippen molar-refractivity contribution in [2.24, 2.45) is 5.92 Å². The molecule has 1 fully saturated rings. The van der Waals surface area contributed by atoms with Gasteiger partial charge in [-0.1, -0.05) is 37.3 Å². The number of carboxylic acid groups (broad SMARTS) is 1. The van der Waals surface area contributed by atoms with Crippen LogP contribution in [0.3, 0.4) is 0 Å². The predicted molar refractivity (Wildman–Crippen MR) is 66.1 cm³/mol. The topological polar surface area (TPSA) is 78.4 Å². The van der Waals surface area contributed by atoms with E-state index in [9.17, 15) is 9.59 Å². The zero-order chi connectivity index (χ0) is 13.1. The maximum Gasteiger partial charge on any atom is 0.330 e. The summed E-state index contributed by atoms with van der Waals surface area (Å²) in [5.74, 6) is -0.587. The Morgan fingerprint density at radius 3 is 2.44 bits per heavy atom. The third-order valence-corrected chi connectivity index (χ3v) is 3.08. The van der Waals surface area contributed by atoms with Crippen molar-refractivity contribution in [3.63, 3.8) is 0 Å². The van der Waals surface area contributed by atoms with E-state index >= 15 is 0 Å². The molecule has 1 aliphatic rings. The summed E-state index contributed by atoms with van der Waals surface area (Å²) in [6.07, 6.45) is 0.955. The third kappa shape index (κ3) is 3.00. The van der Waals surface area contributed by atoms with Gasteiger partial charge in [-0.05, 0) is 17.9 Å². The van der Waals surface area contributed by atoms with E-state index in [0.717, 1.165) is 6.42 Å². The molecule has 3 N–H and O–H groups in total. The first-order valence-electron chi connectivity index (χ1n) is 5.92. The van der Waals surface area contributed by atoms with Gasteiger partial charge in [-0.2, -0.15) is 0 Å². The second kappa shape index (κ2) is 5.08. The van der Waals surface area contributed by atoms with Crippen LogP contribution in [0.1, 0.15) is 24.9 Å². The highest BCUT2D eigenvalue weighted by Gasteiger charge is 2.34. The monoisotopic (exact) mass is 248 g/mol. The predicted octanol–water partition coefficient (Wildman–Crippen LogP) is 1.52. The van der Waals surface area contributed by atoms with Crippen molar-refractivity contribution in [1.82, 2.24) is 10.6 Å². The number of hydrogen-bond acceptors (Lipinski definition) is 2. The van der Waals surface area contributed by atoms with Crippen molar-refractivity contribution in [3.05, 3.63) is 35.9 Å². The van der Waals surface area contributed by atoms with Gasteiger partial charge in [0.1, 0.15) is 0 Å². The van der Waals surface area contributed by atoms with Gasteiger partial charge >= 0.3 is 12.0 Å². The number of carbonyl (C=O) groups is 2. The molecule has 2 rings (SSSR count). The van der Waals surface area contributed by atoms with Crippen LogP contribution in [0.15, 0.2) is 30.3 Å². The van der Waals surface area contributed by atoms with E-state index in [1.165, 1.54) is 0 Å². The van der Waals surface area contributed by atoms with Crippen LogP contribution in [0, 0.1) is 5.92 Å². The lowest BCUT2D eigenvalue weighted by Crippen LogP contribution is -2.42. The smallest absolute Gasteiger partial charge is 0.330 e. The standard InChI is InChI=1S/C13H16N2O3/c1-8-7-10(8)14-13(18)15-11(12(16)17)9-5-3-2-4-6-9/h2-6,8,10-11H,7H2,1H3,(H,16,17)(H2,14,15,18)/t8?,10?,11-/m1/s1. The maximum absolute atomic E-state index is 11.6. The van der Waals surface area contributed by atoms with E-state index < -0.39 is 18.0 Å². The highest BCUT2D eigenvalue weighted by Crippen LogP contribution is 2.28. The quantitative estimate of drug-likeness (QED) is 0.756. The van der Waals surface area contributed by atoms with Crippen molar-refractivity contribution in [3.8, 4) is 0 Å². The molecule has 96 valence electrons. The van der Waals surface area contributed by atoms with E-state index in [2.05, 4.69) is 10.6 Å². The Labute approximate surface area is 105 Å². The first-order valence-corrected chi connectivity index (χ1v) is 5.92. The molecule has 0 heterocycles. The lowest BCUT2D eigenvalue weighted by molar-refractivity contribution is -0.139. The molecule has 1 aromatic rings. The molecule has 5 heteroatoms. The number of amides is 2. The van der Waals surface area contributed by atoms with E-state index in [1.807, 2.05) is 6.92 Å². The first-order chi connectivity index (χ1) is 8.58. The summed E-state index contributed by atoms with van der Waals surface area (Å²) in [6.45, 7) is 2.04. The number of nitrogens with one attached hydrogen (secondary N) is 2. The van der Waals surface area contributed by atoms with Gasteiger partial charge < -0.3 is 15.7 Å². The Kier molecular flexibility index (Phi) is 3.50. The fourth-order valence-electron chi connectivity index (χ4n) is 1.80. The van der Waals surface area contributed by atoms with Crippen LogP contribution >= 0.6 is 0 Å². The Morgan fingerprint density at radius 1 is 1.33 bits per heavy atom. The molecule has 0 bridgehead atoms. The van der Waals surface area contributed by atoms with Gasteiger partial charge in [0.15, 0.2) is 6.04 Å². The van der Waals surface area contributed by atoms with Crippen LogP contribution in [0.25, 0.3) is 0 Å². The zero-order valence-corrected chi connectivity index (χ0v) is 10.1. The Bertz CT molecular complexity index is 447. The van der Waals surface area contributed by atoms with Crippen molar-refractivity contribution < 1.29 is 14.7 Å². The molecular weight excluding hydrogens is 232 g/mol. The molecule has 1 aromatic carbocycles. The molecule has 0 aliphatic heterocycles. The molecule has 0 saturated heterocycles. The van der Waals surface area contributed by atoms with Gasteiger partial charge in [0.2, 0.25) is 0 Å². The van der Waals surface area contributed by atoms with Crippen LogP contribution in [0.5, 0.6) is 0 Å². The zero-order valence-electron chi connectivity index (χ0n) is 10.1. The Balaban J connectivity index is 1.98. The van der Waals surface area contributed by atoms with Crippen LogP contribution in [0.4, 0.5) is 4.79 Å². The summed E-state index contributed by atoms with van der Waals surface area (Å²) < 4.78 is 0. The van der Waals surface area contributed by atoms with Gasteiger partial charge in [0.25, 0.3) is 0 Å². The van der Waals surface area contributed by atoms with E-state index in [4.69, 9.17) is 5.11 Å². The molecular formula is C13H16N2O3. The second-order valence-corrected chi connectivity index (χ2v) is 4.62. The molecule has 2 amide bonds. The highest BCUT2D eigenvalue weighted by molar-refractivity contribution is 5.83. The summed E-state index contributed by atoms with van der Waals surface area (Å²) in [4.78, 5) is 22.8. The fraction of sp³-hybridized carbons (Fsp3) is 0.385. The summed E-state index contributed by atoms with van der Waals surface area (Å²) in [6, 6.07) is 7.38. The van der Waals surface area contributed by atoms with Gasteiger partial charge in [-0.3, -0.25) is 0 Å². The number of carbonyl (C=O) groups excluding carboxylic acids is 1. The summed E-state index contributed by atoms with van der Waals surface area (Å²) >= 11 is 0. The molecule has 0 aromatic heterocycles. The van der Waals surface area contributed by atoms with E-state index in [-0.39, 0.29) is 6.04 Å². The average Bonchev–Trinajstić information content (AvgIpc) is 3.02. The second-order valence-electron chi connectivity index (χ2n) is 4.62. The van der Waals surface area contributed by atoms with Crippen LogP contribution in [0.2, 0.25) is 0 Å². The summed E-state index contributed by atoms with van der Waals surface area (Å²) in [5.41, 5.74) is 0.559. The van der Waals surface area contributed by atoms with Gasteiger partial charge in [-0.25, -0.2) is 9.59 Å². The van der Waals surface area contributed by atoms with Crippen molar-refractivity contribution in [1.29, 1.82) is 0 Å². The molecule has 3 atom stereocenters. The van der Waals surface area contributed by atoms with E-state index in [1.54, 1.807) is 30.3 Å². The molecule has 1 aliphatic carbocycles. The molecule has 18 heavy (non-hydrogen) atoms. The molecule has 5 nitrogen and oxygen atoms in total. The number of carboxylic acids is 1. The lowest BCUT2D eigenvalue weighted by atomic mass is 10.1. The van der Waals surface area contributed by atoms with Crippen LogP contribution in [-0.2, 0) is 4.79 Å². The Hall–Kier alpha value is -2.04. The minimum Gasteiger partial charge on any atom is -0.479 e. The summed E-state index contributed by atoms with van der Waals surface area (Å²) in [7, 11) is 0. The van der Waals surface area contributed by atoms with Crippen LogP contribution < -0.4 is 10.6 Å². The van der Waals surface area contributed by atoms with Gasteiger partial charge in [0.05, 0.1) is 0 Å². The Morgan fingerprint density at radius 2 is 1.94 bits per heavy atom. The lowest BCUT2D eigenvalue weighted by Gasteiger charge is -2.15. The van der Waals surface area contributed by atoms with Gasteiger partial charge in [0, 0.05) is 6.04 Å². The maximum atomic E-state index is 11.6.